The van der Waals surface area contributed by atoms with E-state index in [-0.39, 0.29) is 11.8 Å². The summed E-state index contributed by atoms with van der Waals surface area (Å²) in [5, 5.41) is 10.4. The molecule has 2 aromatic rings. The molecule has 0 radical (unpaired) electrons. The van der Waals surface area contributed by atoms with E-state index in [1.165, 1.54) is 12.1 Å². The van der Waals surface area contributed by atoms with Gasteiger partial charge in [0.05, 0.1) is 0 Å². The molecule has 0 saturated heterocycles. The number of anilines is 2. The highest BCUT2D eigenvalue weighted by molar-refractivity contribution is 6.17. The van der Waals surface area contributed by atoms with Gasteiger partial charge in [0, 0.05) is 18.0 Å². The molecule has 0 unspecified atom stereocenters. The average molecular weight is 290 g/mol. The number of nitrogens with one attached hydrogen (secondary N) is 1. The van der Waals surface area contributed by atoms with Crippen LogP contribution in [0.2, 0.25) is 0 Å². The Morgan fingerprint density at radius 3 is 2.63 bits per heavy atom. The summed E-state index contributed by atoms with van der Waals surface area (Å²) < 4.78 is 33.4. The van der Waals surface area contributed by atoms with Crippen molar-refractivity contribution in [3.8, 4) is 5.75 Å². The van der Waals surface area contributed by atoms with E-state index in [0.717, 1.165) is 0 Å². The molecule has 1 aromatic heterocycles. The number of aromatic nitrogens is 2. The van der Waals surface area contributed by atoms with E-state index in [2.05, 4.69) is 20.3 Å². The molecule has 0 amide bonds. The summed E-state index contributed by atoms with van der Waals surface area (Å²) in [5.74, 6) is 0.894. The molecule has 5 nitrogen and oxygen atoms in total. The molecular formula is C11H10ClF2N3O2. The van der Waals surface area contributed by atoms with Gasteiger partial charge in [-0.2, -0.15) is 8.78 Å². The van der Waals surface area contributed by atoms with Crippen LogP contribution in [0.4, 0.5) is 20.5 Å². The molecule has 2 rings (SSSR count). The molecule has 0 saturated carbocycles. The number of halogens is 3. The summed E-state index contributed by atoms with van der Waals surface area (Å²) in [6, 6.07) is 6.14. The smallest absolute Gasteiger partial charge is 0.387 e. The highest BCUT2D eigenvalue weighted by atomic mass is 35.5. The fourth-order valence-corrected chi connectivity index (χ4v) is 1.49. The highest BCUT2D eigenvalue weighted by Gasteiger charge is 2.07. The Morgan fingerprint density at radius 2 is 2.00 bits per heavy atom. The zero-order valence-corrected chi connectivity index (χ0v) is 10.4. The van der Waals surface area contributed by atoms with E-state index in [4.69, 9.17) is 16.0 Å². The third-order valence-electron chi connectivity index (χ3n) is 2.11. The zero-order valence-electron chi connectivity index (χ0n) is 9.65. The molecule has 0 spiro atoms. The first-order valence-electron chi connectivity index (χ1n) is 5.37. The third kappa shape index (κ3) is 4.06. The number of ether oxygens (including phenoxy) is 1. The lowest BCUT2D eigenvalue weighted by atomic mass is 10.3. The second-order valence-electron chi connectivity index (χ2n) is 3.47. The maximum absolute atomic E-state index is 12.0. The molecule has 8 heteroatoms. The molecule has 0 atom stereocenters. The molecule has 0 bridgehead atoms. The van der Waals surface area contributed by atoms with Gasteiger partial charge in [-0.3, -0.25) is 0 Å². The van der Waals surface area contributed by atoms with Crippen molar-refractivity contribution in [3.63, 3.8) is 0 Å². The zero-order chi connectivity index (χ0) is 13.7. The van der Waals surface area contributed by atoms with Crippen molar-refractivity contribution in [2.45, 2.75) is 13.0 Å². The number of nitrogens with zero attached hydrogens (tertiary/aromatic N) is 2. The maximum atomic E-state index is 12.0. The average Bonchev–Trinajstić information content (AvgIpc) is 2.79. The van der Waals surface area contributed by atoms with Crippen molar-refractivity contribution in [2.24, 2.45) is 0 Å². The SMILES string of the molecule is FC(F)Oc1ccc(Nc2nnc(CCCl)o2)cc1. The normalized spacial score (nSPS) is 10.7. The van der Waals surface area contributed by atoms with Crippen LogP contribution in [0.15, 0.2) is 28.7 Å². The fraction of sp³-hybridized carbons (Fsp3) is 0.273. The second kappa shape index (κ2) is 6.33. The summed E-state index contributed by atoms with van der Waals surface area (Å²) in [5.41, 5.74) is 0.614. The van der Waals surface area contributed by atoms with Crippen LogP contribution in [-0.4, -0.2) is 22.7 Å². The summed E-state index contributed by atoms with van der Waals surface area (Å²) in [6.07, 6.45) is 0.484. The Bertz CT molecular complexity index is 519. The lowest BCUT2D eigenvalue weighted by molar-refractivity contribution is -0.0498. The lowest BCUT2D eigenvalue weighted by Gasteiger charge is -2.05. The Hall–Kier alpha value is -1.89. The first-order chi connectivity index (χ1) is 9.17. The van der Waals surface area contributed by atoms with Crippen molar-refractivity contribution in [3.05, 3.63) is 30.2 Å². The summed E-state index contributed by atoms with van der Waals surface area (Å²) >= 11 is 5.54. The predicted molar refractivity (Wildman–Crippen MR) is 65.1 cm³/mol. The van der Waals surface area contributed by atoms with Crippen molar-refractivity contribution >= 4 is 23.3 Å². The van der Waals surface area contributed by atoms with Crippen LogP contribution < -0.4 is 10.1 Å². The third-order valence-corrected chi connectivity index (χ3v) is 2.29. The van der Waals surface area contributed by atoms with Gasteiger partial charge in [-0.25, -0.2) is 0 Å². The van der Waals surface area contributed by atoms with Crippen LogP contribution in [0.1, 0.15) is 5.89 Å². The van der Waals surface area contributed by atoms with Gasteiger partial charge in [-0.05, 0) is 24.3 Å². The van der Waals surface area contributed by atoms with Crippen LogP contribution in [-0.2, 0) is 6.42 Å². The molecule has 0 fully saturated rings. The van der Waals surface area contributed by atoms with Crippen LogP contribution in [0.5, 0.6) is 5.75 Å². The predicted octanol–water partition coefficient (Wildman–Crippen LogP) is 3.20. The highest BCUT2D eigenvalue weighted by Crippen LogP contribution is 2.20. The monoisotopic (exact) mass is 289 g/mol. The van der Waals surface area contributed by atoms with Crippen molar-refractivity contribution in [1.82, 2.24) is 10.2 Å². The van der Waals surface area contributed by atoms with E-state index in [0.29, 0.717) is 23.9 Å². The lowest BCUT2D eigenvalue weighted by Crippen LogP contribution is -2.01. The fourth-order valence-electron chi connectivity index (χ4n) is 1.33. The number of rotatable bonds is 6. The van der Waals surface area contributed by atoms with E-state index < -0.39 is 6.61 Å². The summed E-state index contributed by atoms with van der Waals surface area (Å²) in [6.45, 7) is -2.84. The first kappa shape index (κ1) is 13.5. The van der Waals surface area contributed by atoms with Crippen LogP contribution in [0, 0.1) is 0 Å². The Balaban J connectivity index is 1.98. The van der Waals surface area contributed by atoms with Gasteiger partial charge >= 0.3 is 12.6 Å². The van der Waals surface area contributed by atoms with Crippen molar-refractivity contribution < 1.29 is 17.9 Å². The molecular weight excluding hydrogens is 280 g/mol. The van der Waals surface area contributed by atoms with Crippen LogP contribution >= 0.6 is 11.6 Å². The number of alkyl halides is 3. The molecule has 1 N–H and O–H groups in total. The van der Waals surface area contributed by atoms with Gasteiger partial charge in [0.1, 0.15) is 5.75 Å². The molecule has 0 aliphatic rings. The van der Waals surface area contributed by atoms with Gasteiger partial charge < -0.3 is 14.5 Å². The molecule has 102 valence electrons. The molecule has 1 aromatic carbocycles. The van der Waals surface area contributed by atoms with Crippen LogP contribution in [0.3, 0.4) is 0 Å². The summed E-state index contributed by atoms with van der Waals surface area (Å²) in [7, 11) is 0. The standard InChI is InChI=1S/C11H10ClF2N3O2/c12-6-5-9-16-17-11(19-9)15-7-1-3-8(4-2-7)18-10(13)14/h1-4,10H,5-6H2,(H,15,17). The number of hydrogen-bond acceptors (Lipinski definition) is 5. The minimum absolute atomic E-state index is 0.0777. The van der Waals surface area contributed by atoms with Gasteiger partial charge in [0.25, 0.3) is 0 Å². The van der Waals surface area contributed by atoms with E-state index in [1.54, 1.807) is 12.1 Å². The molecule has 0 aliphatic heterocycles. The Labute approximate surface area is 112 Å². The van der Waals surface area contributed by atoms with Crippen molar-refractivity contribution in [1.29, 1.82) is 0 Å². The Morgan fingerprint density at radius 1 is 1.26 bits per heavy atom. The van der Waals surface area contributed by atoms with E-state index >= 15 is 0 Å². The van der Waals surface area contributed by atoms with Gasteiger partial charge in [-0.15, -0.1) is 16.7 Å². The molecule has 19 heavy (non-hydrogen) atoms. The number of benzene rings is 1. The van der Waals surface area contributed by atoms with Crippen molar-refractivity contribution in [2.75, 3.05) is 11.2 Å². The quantitative estimate of drug-likeness (QED) is 0.828. The van der Waals surface area contributed by atoms with E-state index in [1.807, 2.05) is 0 Å². The van der Waals surface area contributed by atoms with Gasteiger partial charge in [0.15, 0.2) is 0 Å². The number of hydrogen-bond donors (Lipinski definition) is 1. The second-order valence-corrected chi connectivity index (χ2v) is 3.85. The first-order valence-corrected chi connectivity index (χ1v) is 5.91. The largest absolute Gasteiger partial charge is 0.435 e. The number of aryl methyl sites for hydroxylation is 1. The minimum Gasteiger partial charge on any atom is -0.435 e. The van der Waals surface area contributed by atoms with Crippen LogP contribution in [0.25, 0.3) is 0 Å². The maximum Gasteiger partial charge on any atom is 0.387 e. The van der Waals surface area contributed by atoms with Gasteiger partial charge in [0.2, 0.25) is 5.89 Å². The molecule has 1 heterocycles. The minimum atomic E-state index is -2.84. The topological polar surface area (TPSA) is 60.2 Å². The molecule has 0 aliphatic carbocycles. The Kier molecular flexibility index (Phi) is 4.51. The van der Waals surface area contributed by atoms with E-state index in [9.17, 15) is 8.78 Å². The van der Waals surface area contributed by atoms with Gasteiger partial charge in [-0.1, -0.05) is 5.10 Å². The summed E-state index contributed by atoms with van der Waals surface area (Å²) in [4.78, 5) is 0.